The van der Waals surface area contributed by atoms with E-state index in [1.54, 1.807) is 0 Å². The highest BCUT2D eigenvalue weighted by atomic mass is 19.4. The average molecular weight is 438 g/mol. The van der Waals surface area contributed by atoms with Crippen LogP contribution < -0.4 is 20.9 Å². The molecule has 0 aliphatic heterocycles. The molecule has 0 spiro atoms. The van der Waals surface area contributed by atoms with Gasteiger partial charge in [0.1, 0.15) is 17.6 Å². The molecule has 1 aliphatic rings. The lowest BCUT2D eigenvalue weighted by molar-refractivity contribution is -0.274. The maximum absolute atomic E-state index is 12.3. The fraction of sp³-hybridized carbons (Fsp3) is 0.333. The maximum atomic E-state index is 12.3. The minimum Gasteiger partial charge on any atom is -0.459 e. The number of benzene rings is 2. The van der Waals surface area contributed by atoms with Crippen LogP contribution in [0.15, 0.2) is 42.5 Å². The van der Waals surface area contributed by atoms with E-state index in [9.17, 15) is 22.8 Å². The van der Waals surface area contributed by atoms with Crippen LogP contribution in [-0.4, -0.2) is 24.4 Å². The van der Waals surface area contributed by atoms with Gasteiger partial charge < -0.3 is 25.7 Å². The van der Waals surface area contributed by atoms with Gasteiger partial charge in [0, 0.05) is 11.4 Å². The second-order valence-electron chi connectivity index (χ2n) is 7.21. The number of esters is 2. The molecule has 31 heavy (non-hydrogen) atoms. The standard InChI is InChI=1S/C21H21F3N2O5/c22-21(23,24)31-18-7-5-17(6-8-18)29-19(27)12-1-3-16(4-2-12)30-20(28)13-9-14(25)11-15(26)10-13/h5-12,16H,1-4,25-26H2. The van der Waals surface area contributed by atoms with Crippen LogP contribution in [0.25, 0.3) is 0 Å². The number of rotatable bonds is 5. The fourth-order valence-corrected chi connectivity index (χ4v) is 3.34. The highest BCUT2D eigenvalue weighted by Gasteiger charge is 2.32. The molecule has 166 valence electrons. The van der Waals surface area contributed by atoms with E-state index in [1.165, 1.54) is 30.3 Å². The number of nitrogen functional groups attached to an aromatic ring is 2. The third kappa shape index (κ3) is 6.53. The van der Waals surface area contributed by atoms with Crippen molar-refractivity contribution in [2.24, 2.45) is 5.92 Å². The number of halogens is 3. The molecule has 0 amide bonds. The summed E-state index contributed by atoms with van der Waals surface area (Å²) in [5.41, 5.74) is 12.3. The Kier molecular flexibility index (Phi) is 6.57. The normalized spacial score (nSPS) is 18.8. The lowest BCUT2D eigenvalue weighted by atomic mass is 9.87. The van der Waals surface area contributed by atoms with Crippen LogP contribution in [0, 0.1) is 5.92 Å². The van der Waals surface area contributed by atoms with Gasteiger partial charge in [0.15, 0.2) is 0 Å². The van der Waals surface area contributed by atoms with Crippen molar-refractivity contribution in [2.75, 3.05) is 11.5 Å². The first-order valence-electron chi connectivity index (χ1n) is 9.53. The van der Waals surface area contributed by atoms with E-state index >= 15 is 0 Å². The van der Waals surface area contributed by atoms with Crippen molar-refractivity contribution in [3.05, 3.63) is 48.0 Å². The lowest BCUT2D eigenvalue weighted by Gasteiger charge is -2.27. The van der Waals surface area contributed by atoms with Crippen LogP contribution in [0.5, 0.6) is 11.5 Å². The molecule has 1 aliphatic carbocycles. The zero-order chi connectivity index (χ0) is 22.6. The van der Waals surface area contributed by atoms with Gasteiger partial charge in [0.25, 0.3) is 0 Å². The van der Waals surface area contributed by atoms with Gasteiger partial charge in [-0.05, 0) is 68.1 Å². The van der Waals surface area contributed by atoms with E-state index < -0.39 is 30.0 Å². The van der Waals surface area contributed by atoms with Crippen LogP contribution in [-0.2, 0) is 9.53 Å². The second-order valence-corrected chi connectivity index (χ2v) is 7.21. The van der Waals surface area contributed by atoms with Crippen LogP contribution in [0.1, 0.15) is 36.0 Å². The number of hydrogen-bond acceptors (Lipinski definition) is 7. The Morgan fingerprint density at radius 1 is 0.871 bits per heavy atom. The summed E-state index contributed by atoms with van der Waals surface area (Å²) in [6, 6.07) is 9.07. The van der Waals surface area contributed by atoms with Crippen molar-refractivity contribution < 1.29 is 37.0 Å². The molecule has 0 heterocycles. The SMILES string of the molecule is Nc1cc(N)cc(C(=O)OC2CCC(C(=O)Oc3ccc(OC(F)(F)F)cc3)CC2)c1. The van der Waals surface area contributed by atoms with Gasteiger partial charge in [0.05, 0.1) is 11.5 Å². The van der Waals surface area contributed by atoms with E-state index in [-0.39, 0.29) is 17.4 Å². The molecule has 0 aromatic heterocycles. The van der Waals surface area contributed by atoms with Crippen LogP contribution in [0.4, 0.5) is 24.5 Å². The van der Waals surface area contributed by atoms with Crippen molar-refractivity contribution >= 4 is 23.3 Å². The minimum absolute atomic E-state index is 0.118. The molecule has 10 heteroatoms. The summed E-state index contributed by atoms with van der Waals surface area (Å²) in [5.74, 6) is -1.71. The molecule has 0 saturated heterocycles. The summed E-state index contributed by atoms with van der Waals surface area (Å²) in [4.78, 5) is 24.6. The highest BCUT2D eigenvalue weighted by molar-refractivity contribution is 5.91. The van der Waals surface area contributed by atoms with Gasteiger partial charge in [-0.2, -0.15) is 0 Å². The van der Waals surface area contributed by atoms with E-state index in [0.717, 1.165) is 12.1 Å². The van der Waals surface area contributed by atoms with Crippen LogP contribution in [0.2, 0.25) is 0 Å². The molecule has 0 bridgehead atoms. The number of nitrogens with two attached hydrogens (primary N) is 2. The molecule has 0 unspecified atom stereocenters. The number of hydrogen-bond donors (Lipinski definition) is 2. The van der Waals surface area contributed by atoms with Crippen LogP contribution in [0.3, 0.4) is 0 Å². The number of carbonyl (C=O) groups is 2. The summed E-state index contributed by atoms with van der Waals surface area (Å²) in [7, 11) is 0. The van der Waals surface area contributed by atoms with Gasteiger partial charge in [0.2, 0.25) is 0 Å². The molecule has 1 fully saturated rings. The topological polar surface area (TPSA) is 114 Å². The van der Waals surface area contributed by atoms with Gasteiger partial charge in [-0.15, -0.1) is 13.2 Å². The molecule has 0 radical (unpaired) electrons. The molecule has 4 N–H and O–H groups in total. The molecule has 3 rings (SSSR count). The maximum Gasteiger partial charge on any atom is 0.573 e. The predicted octanol–water partition coefficient (Wildman–Crippen LogP) is 4.07. The molecule has 2 aromatic carbocycles. The quantitative estimate of drug-likeness (QED) is 0.411. The van der Waals surface area contributed by atoms with Gasteiger partial charge in [-0.25, -0.2) is 4.79 Å². The summed E-state index contributed by atoms with van der Waals surface area (Å²) in [6.07, 6.45) is -3.29. The first-order chi connectivity index (χ1) is 14.6. The van der Waals surface area contributed by atoms with Crippen molar-refractivity contribution in [1.29, 1.82) is 0 Å². The smallest absolute Gasteiger partial charge is 0.459 e. The molecule has 0 atom stereocenters. The summed E-state index contributed by atoms with van der Waals surface area (Å²) >= 11 is 0. The number of carbonyl (C=O) groups excluding carboxylic acids is 2. The number of alkyl halides is 3. The Morgan fingerprint density at radius 3 is 1.97 bits per heavy atom. The van der Waals surface area contributed by atoms with Crippen molar-refractivity contribution in [1.82, 2.24) is 0 Å². The first kappa shape index (κ1) is 22.3. The highest BCUT2D eigenvalue weighted by Crippen LogP contribution is 2.30. The van der Waals surface area contributed by atoms with Gasteiger partial charge >= 0.3 is 18.3 Å². The number of ether oxygens (including phenoxy) is 3. The molecule has 7 nitrogen and oxygen atoms in total. The zero-order valence-electron chi connectivity index (χ0n) is 16.4. The Morgan fingerprint density at radius 2 is 1.42 bits per heavy atom. The first-order valence-corrected chi connectivity index (χ1v) is 9.53. The Hall–Kier alpha value is -3.43. The summed E-state index contributed by atoms with van der Waals surface area (Å²) in [5, 5.41) is 0. The van der Waals surface area contributed by atoms with E-state index in [0.29, 0.717) is 37.1 Å². The molecule has 2 aromatic rings. The van der Waals surface area contributed by atoms with E-state index in [4.69, 9.17) is 20.9 Å². The van der Waals surface area contributed by atoms with Crippen molar-refractivity contribution in [3.63, 3.8) is 0 Å². The zero-order valence-corrected chi connectivity index (χ0v) is 16.4. The monoisotopic (exact) mass is 438 g/mol. The van der Waals surface area contributed by atoms with Gasteiger partial charge in [-0.3, -0.25) is 4.79 Å². The lowest BCUT2D eigenvalue weighted by Crippen LogP contribution is -2.30. The largest absolute Gasteiger partial charge is 0.573 e. The van der Waals surface area contributed by atoms with Crippen LogP contribution >= 0.6 is 0 Å². The Bertz CT molecular complexity index is 919. The van der Waals surface area contributed by atoms with Crippen molar-refractivity contribution in [3.8, 4) is 11.5 Å². The molecular formula is C21H21F3N2O5. The average Bonchev–Trinajstić information content (AvgIpc) is 2.68. The Balaban J connectivity index is 1.48. The van der Waals surface area contributed by atoms with E-state index in [2.05, 4.69) is 4.74 Å². The van der Waals surface area contributed by atoms with Crippen molar-refractivity contribution in [2.45, 2.75) is 38.1 Å². The molecule has 1 saturated carbocycles. The fourth-order valence-electron chi connectivity index (χ4n) is 3.34. The third-order valence-electron chi connectivity index (χ3n) is 4.77. The molecular weight excluding hydrogens is 417 g/mol. The number of anilines is 2. The predicted molar refractivity (Wildman–Crippen MR) is 105 cm³/mol. The summed E-state index contributed by atoms with van der Waals surface area (Å²) < 4.78 is 51.1. The minimum atomic E-state index is -4.79. The summed E-state index contributed by atoms with van der Waals surface area (Å²) in [6.45, 7) is 0. The van der Waals surface area contributed by atoms with Gasteiger partial charge in [-0.1, -0.05) is 0 Å². The second kappa shape index (κ2) is 9.15. The third-order valence-corrected chi connectivity index (χ3v) is 4.77. The Labute approximate surface area is 176 Å². The van der Waals surface area contributed by atoms with E-state index in [1.807, 2.05) is 0 Å².